The number of ether oxygens (including phenoxy) is 12. The standard InChI is InChI=1S/C66H90N2O24/c1-28(2)16-17-68-27-37(38-14-12-13-15-41(38)68)20-40(65(79)82-11)67-64(78)62(81-10)39-19-35-18-36-21-43(88-48-23-44(56(72)31(5)84-48)89-47-22-42(69)55(71)30(4)83-47)29(3)54(70)52(36)59(75)53(35)60(76)61(39)92-50-25-45(57(73)33(7)86-50)90-49-24-46(58(74)32(6)85-49)91-51-26-66(9,80)63(77)34(8)87-51/h12-16,18,21,27,30-34,39-40,42,44-51,55-58,61-63,69-75,77,80H,17,19-20,22-26H2,1-11H3,(H,67,78)/t30-,31-,32-,33-,34-,39-,40+,42-,44-,45-,46-,47+,48+,49+,50+,51+,55-,56-,57-,58+,61+,62+,63-,66+/m1/s1. The van der Waals surface area contributed by atoms with Crippen LogP contribution in [-0.4, -0.2) is 223 Å². The molecule has 0 bridgehead atoms. The number of phenols is 2. The molecule has 24 atom stereocenters. The second-order valence-electron chi connectivity index (χ2n) is 26.0. The molecule has 508 valence electrons. The summed E-state index contributed by atoms with van der Waals surface area (Å²) in [6.45, 7) is 15.5. The predicted molar refractivity (Wildman–Crippen MR) is 325 cm³/mol. The van der Waals surface area contributed by atoms with Crippen LogP contribution in [0.5, 0.6) is 17.2 Å². The first-order chi connectivity index (χ1) is 43.5. The van der Waals surface area contributed by atoms with Crippen LogP contribution in [0, 0.1) is 12.8 Å². The summed E-state index contributed by atoms with van der Waals surface area (Å²) in [5, 5.41) is 104. The van der Waals surface area contributed by atoms with Crippen molar-refractivity contribution in [3.8, 4) is 17.2 Å². The number of benzene rings is 3. The van der Waals surface area contributed by atoms with E-state index in [-0.39, 0.29) is 78.2 Å². The van der Waals surface area contributed by atoms with Crippen molar-refractivity contribution < 1.29 is 117 Å². The number of hydrogen-bond donors (Lipinski definition) is 10. The molecule has 5 saturated heterocycles. The number of phenolic OH excluding ortho intramolecular Hbond substituents is 2. The fourth-order valence-corrected chi connectivity index (χ4v) is 13.6. The number of aliphatic hydroxyl groups is 7. The number of aromatic nitrogens is 1. The summed E-state index contributed by atoms with van der Waals surface area (Å²) in [5.74, 6) is -4.65. The van der Waals surface area contributed by atoms with Crippen molar-refractivity contribution in [2.75, 3.05) is 14.2 Å². The van der Waals surface area contributed by atoms with Gasteiger partial charge in [-0.3, -0.25) is 9.59 Å². The third-order valence-electron chi connectivity index (χ3n) is 18.9. The Hall–Kier alpha value is -5.47. The number of carbonyl (C=O) groups excluding carboxylic acids is 3. The van der Waals surface area contributed by atoms with Crippen molar-refractivity contribution >= 4 is 39.3 Å². The van der Waals surface area contributed by atoms with E-state index in [9.17, 15) is 50.8 Å². The first-order valence-electron chi connectivity index (χ1n) is 31.6. The smallest absolute Gasteiger partial charge is 0.328 e. The average molecular weight is 1300 g/mol. The molecule has 26 heteroatoms. The molecule has 3 aromatic carbocycles. The molecule has 26 nitrogen and oxygen atoms in total. The molecule has 5 fully saturated rings. The molecule has 0 spiro atoms. The van der Waals surface area contributed by atoms with E-state index in [4.69, 9.17) is 56.8 Å². The van der Waals surface area contributed by atoms with Crippen LogP contribution in [0.4, 0.5) is 0 Å². The number of esters is 1. The third kappa shape index (κ3) is 14.5. The van der Waals surface area contributed by atoms with Gasteiger partial charge in [0, 0.05) is 80.8 Å². The van der Waals surface area contributed by atoms with E-state index < -0.39 is 176 Å². The topological polar surface area (TPSA) is 361 Å². The van der Waals surface area contributed by atoms with Crippen molar-refractivity contribution in [3.63, 3.8) is 0 Å². The van der Waals surface area contributed by atoms with Gasteiger partial charge < -0.3 is 113 Å². The Kier molecular flexibility index (Phi) is 21.5. The summed E-state index contributed by atoms with van der Waals surface area (Å²) in [6.07, 6.45) is -19.8. The monoisotopic (exact) mass is 1290 g/mol. The molecular formula is C66H90N2O24. The molecule has 10 N–H and O–H groups in total. The minimum atomic E-state index is -1.68. The first kappa shape index (κ1) is 69.4. The molecule has 0 unspecified atom stereocenters. The highest BCUT2D eigenvalue weighted by Gasteiger charge is 2.51. The Labute approximate surface area is 533 Å². The number of amides is 1. The van der Waals surface area contributed by atoms with Gasteiger partial charge in [0.25, 0.3) is 0 Å². The SMILES string of the molecule is COC(=O)[C@H](Cc1cn(CC=C(C)C)c2ccccc12)NC(=O)[C@@H](OC)[C@@H]1Cc2cc3cc(O[C@H]4C[C@@H](O[C@H]5C[C@@H](O)[C@H](O)[C@@H](C)O5)[C@H](O)[C@@H](C)O4)c(C)c(O)c3c(O)c2C(=O)[C@H]1O[C@H]1C[C@@H](O[C@H]2C[C@@H](O[C@H]3C[C@](C)(O)[C@H](O)[C@@H](C)O3)[C@@H](O)[C@@H](C)O2)[C@H](O)[C@@H](C)O1. The van der Waals surface area contributed by atoms with Gasteiger partial charge in [-0.1, -0.05) is 29.8 Å². The lowest BCUT2D eigenvalue weighted by atomic mass is 9.76. The van der Waals surface area contributed by atoms with Gasteiger partial charge in [0.2, 0.25) is 12.2 Å². The van der Waals surface area contributed by atoms with Crippen molar-refractivity contribution in [2.24, 2.45) is 5.92 Å². The lowest BCUT2D eigenvalue weighted by Crippen LogP contribution is -2.58. The zero-order valence-electron chi connectivity index (χ0n) is 53.7. The molecule has 0 saturated carbocycles. The third-order valence-corrected chi connectivity index (χ3v) is 18.9. The van der Waals surface area contributed by atoms with Crippen LogP contribution in [0.1, 0.15) is 115 Å². The van der Waals surface area contributed by atoms with E-state index in [0.29, 0.717) is 6.54 Å². The zero-order valence-corrected chi connectivity index (χ0v) is 53.7. The second-order valence-corrected chi connectivity index (χ2v) is 26.0. The number of fused-ring (bicyclic) bond motifs is 3. The second kappa shape index (κ2) is 28.5. The lowest BCUT2D eigenvalue weighted by Gasteiger charge is -2.46. The van der Waals surface area contributed by atoms with E-state index in [1.807, 2.05) is 48.9 Å². The number of nitrogens with zero attached hydrogens (tertiary/aromatic N) is 1. The van der Waals surface area contributed by atoms with Crippen LogP contribution in [0.2, 0.25) is 0 Å². The van der Waals surface area contributed by atoms with Gasteiger partial charge in [-0.25, -0.2) is 4.79 Å². The number of ketones is 1. The Morgan fingerprint density at radius 1 is 0.739 bits per heavy atom. The maximum atomic E-state index is 15.6. The normalized spacial score (nSPS) is 36.7. The summed E-state index contributed by atoms with van der Waals surface area (Å²) >= 11 is 0. The van der Waals surface area contributed by atoms with Gasteiger partial charge >= 0.3 is 5.97 Å². The van der Waals surface area contributed by atoms with E-state index >= 15 is 9.59 Å². The van der Waals surface area contributed by atoms with Crippen molar-refractivity contribution in [1.29, 1.82) is 0 Å². The number of rotatable bonds is 19. The summed E-state index contributed by atoms with van der Waals surface area (Å²) < 4.78 is 75.3. The Morgan fingerprint density at radius 2 is 1.29 bits per heavy atom. The van der Waals surface area contributed by atoms with Gasteiger partial charge in [0.05, 0.1) is 78.6 Å². The number of aromatic hydroxyl groups is 2. The van der Waals surface area contributed by atoms with Gasteiger partial charge in [-0.15, -0.1) is 0 Å². The lowest BCUT2D eigenvalue weighted by molar-refractivity contribution is -0.334. The number of carbonyl (C=O) groups is 3. The quantitative estimate of drug-likeness (QED) is 0.0476. The van der Waals surface area contributed by atoms with Crippen molar-refractivity contribution in [2.45, 2.75) is 255 Å². The zero-order chi connectivity index (χ0) is 66.5. The molecule has 4 aromatic rings. The van der Waals surface area contributed by atoms with Gasteiger partial charge in [-0.2, -0.15) is 0 Å². The van der Waals surface area contributed by atoms with E-state index in [1.165, 1.54) is 34.1 Å². The van der Waals surface area contributed by atoms with Crippen LogP contribution in [0.25, 0.3) is 21.7 Å². The van der Waals surface area contributed by atoms with Crippen LogP contribution in [0.3, 0.4) is 0 Å². The number of hydrogen-bond acceptors (Lipinski definition) is 24. The largest absolute Gasteiger partial charge is 0.507 e. The maximum absolute atomic E-state index is 15.6. The molecule has 10 rings (SSSR count). The molecular weight excluding hydrogens is 1200 g/mol. The molecule has 92 heavy (non-hydrogen) atoms. The van der Waals surface area contributed by atoms with E-state index in [2.05, 4.69) is 11.4 Å². The molecule has 1 amide bonds. The minimum Gasteiger partial charge on any atom is -0.507 e. The van der Waals surface area contributed by atoms with Crippen LogP contribution in [-0.2, 0) is 81.1 Å². The molecule has 6 aliphatic rings. The van der Waals surface area contributed by atoms with Gasteiger partial charge in [0.1, 0.15) is 66.0 Å². The average Bonchev–Trinajstić information content (AvgIpc) is 0.890. The van der Waals surface area contributed by atoms with E-state index in [0.717, 1.165) is 22.0 Å². The maximum Gasteiger partial charge on any atom is 0.328 e. The summed E-state index contributed by atoms with van der Waals surface area (Å²) in [7, 11) is 2.46. The molecule has 5 aliphatic heterocycles. The highest BCUT2D eigenvalue weighted by atomic mass is 16.7. The fraction of sp³-hybridized carbons (Fsp3) is 0.652. The van der Waals surface area contributed by atoms with E-state index in [1.54, 1.807) is 40.7 Å². The Bertz CT molecular complexity index is 3300. The summed E-state index contributed by atoms with van der Waals surface area (Å²) in [6, 6.07) is 9.49. The molecule has 1 aliphatic carbocycles. The van der Waals surface area contributed by atoms with Crippen molar-refractivity contribution in [3.05, 3.63) is 76.5 Å². The molecule has 6 heterocycles. The fourth-order valence-electron chi connectivity index (χ4n) is 13.6. The summed E-state index contributed by atoms with van der Waals surface area (Å²) in [5.41, 5.74) is 1.29. The first-order valence-corrected chi connectivity index (χ1v) is 31.6. The van der Waals surface area contributed by atoms with Gasteiger partial charge in [0.15, 0.2) is 30.9 Å². The minimum absolute atomic E-state index is 0.00816. The molecule has 1 aromatic heterocycles. The van der Waals surface area contributed by atoms with Crippen LogP contribution < -0.4 is 10.1 Å². The number of nitrogens with one attached hydrogen (secondary N) is 1. The Balaban J connectivity index is 0.949. The number of Topliss-reactive ketones (excluding diaryl/α,β-unsaturated/α-hetero) is 1. The molecule has 0 radical (unpaired) electrons. The highest BCUT2D eigenvalue weighted by Crippen LogP contribution is 2.48. The van der Waals surface area contributed by atoms with Crippen LogP contribution in [0.15, 0.2) is 54.2 Å². The highest BCUT2D eigenvalue weighted by molar-refractivity contribution is 6.11. The number of allylic oxidation sites excluding steroid dienone is 2. The van der Waals surface area contributed by atoms with Crippen LogP contribution >= 0.6 is 0 Å². The van der Waals surface area contributed by atoms with Gasteiger partial charge in [-0.05, 0) is 103 Å². The number of aliphatic hydroxyl groups excluding tert-OH is 6. The summed E-state index contributed by atoms with van der Waals surface area (Å²) in [4.78, 5) is 44.5. The van der Waals surface area contributed by atoms with Crippen molar-refractivity contribution in [1.82, 2.24) is 9.88 Å². The number of methoxy groups -OCH3 is 2. The number of para-hydroxylation sites is 1. The Morgan fingerprint density at radius 3 is 1.88 bits per heavy atom. The predicted octanol–water partition coefficient (Wildman–Crippen LogP) is 3.26.